The summed E-state index contributed by atoms with van der Waals surface area (Å²) in [5.41, 5.74) is 10.7. The topological polar surface area (TPSA) is 43.0 Å². The lowest BCUT2D eigenvalue weighted by Crippen LogP contribution is -2.43. The summed E-state index contributed by atoms with van der Waals surface area (Å²) in [6.07, 6.45) is 2.08. The molecule has 0 saturated carbocycles. The van der Waals surface area contributed by atoms with Gasteiger partial charge in [0.15, 0.2) is 0 Å². The molecule has 1 N–H and O–H groups in total. The van der Waals surface area contributed by atoms with Gasteiger partial charge in [-0.1, -0.05) is 62.4 Å². The first-order valence-corrected chi connectivity index (χ1v) is 15.8. The van der Waals surface area contributed by atoms with Crippen LogP contribution in [-0.2, 0) is 5.41 Å². The summed E-state index contributed by atoms with van der Waals surface area (Å²) in [5, 5.41) is 5.68. The second-order valence-corrected chi connectivity index (χ2v) is 12.7. The molecule has 45 heavy (non-hydrogen) atoms. The number of rotatable bonds is 5. The molecular weight excluding hydrogens is 556 g/mol. The molecule has 5 aromatic carbocycles. The van der Waals surface area contributed by atoms with Gasteiger partial charge in [0.05, 0.1) is 14.2 Å². The van der Waals surface area contributed by atoms with Crippen LogP contribution >= 0.6 is 0 Å². The Hall–Kier alpha value is -4.74. The number of benzene rings is 5. The summed E-state index contributed by atoms with van der Waals surface area (Å²) in [5.74, 6) is 2.59. The van der Waals surface area contributed by atoms with Crippen molar-refractivity contribution in [2.45, 2.75) is 25.4 Å². The van der Waals surface area contributed by atoms with E-state index in [0.717, 1.165) is 59.9 Å². The zero-order valence-corrected chi connectivity index (χ0v) is 26.3. The van der Waals surface area contributed by atoms with Crippen LogP contribution < -0.4 is 24.4 Å². The maximum absolute atomic E-state index is 7.15. The Labute approximate surface area is 265 Å². The molecule has 2 aliphatic heterocycles. The highest BCUT2D eigenvalue weighted by Crippen LogP contribution is 2.59. The quantitative estimate of drug-likeness (QED) is 0.223. The molecule has 1 fully saturated rings. The van der Waals surface area contributed by atoms with E-state index in [1.165, 1.54) is 44.5 Å². The molecule has 226 valence electrons. The van der Waals surface area contributed by atoms with E-state index in [2.05, 4.69) is 121 Å². The van der Waals surface area contributed by atoms with Crippen LogP contribution in [0.3, 0.4) is 0 Å². The molecular formula is C40H38N2O3. The summed E-state index contributed by atoms with van der Waals surface area (Å²) in [6.45, 7) is 8.73. The third-order valence-electron chi connectivity index (χ3n) is 9.88. The Morgan fingerprint density at radius 2 is 1.49 bits per heavy atom. The summed E-state index contributed by atoms with van der Waals surface area (Å²) in [4.78, 5) is 2.44. The SMILES string of the molecule is COc1ccc2c(c1)C(C)(C)c1c3c(c4cc(OC)ccc4c1-2)OC(c1ccc(N2CCNCC2)cc1)C=C3c1ccccc1. The van der Waals surface area contributed by atoms with Crippen molar-refractivity contribution in [3.05, 3.63) is 125 Å². The predicted octanol–water partition coefficient (Wildman–Crippen LogP) is 8.14. The van der Waals surface area contributed by atoms with Crippen molar-refractivity contribution in [3.63, 3.8) is 0 Å². The average molecular weight is 595 g/mol. The minimum Gasteiger partial charge on any atom is -0.497 e. The van der Waals surface area contributed by atoms with Crippen LogP contribution in [0, 0.1) is 0 Å². The van der Waals surface area contributed by atoms with Gasteiger partial charge in [-0.05, 0) is 92.9 Å². The van der Waals surface area contributed by atoms with E-state index in [0.29, 0.717) is 0 Å². The van der Waals surface area contributed by atoms with Crippen LogP contribution in [0.25, 0.3) is 27.5 Å². The first-order valence-electron chi connectivity index (χ1n) is 15.8. The van der Waals surface area contributed by atoms with Crippen LogP contribution in [-0.4, -0.2) is 40.4 Å². The highest BCUT2D eigenvalue weighted by atomic mass is 16.5. The van der Waals surface area contributed by atoms with Gasteiger partial charge in [-0.15, -0.1) is 0 Å². The van der Waals surface area contributed by atoms with Crippen LogP contribution in [0.2, 0.25) is 0 Å². The second kappa shape index (κ2) is 10.7. The number of piperazine rings is 1. The van der Waals surface area contributed by atoms with Crippen molar-refractivity contribution in [1.29, 1.82) is 0 Å². The molecule has 5 aromatic rings. The normalized spacial score (nSPS) is 18.0. The molecule has 3 aliphatic rings. The number of anilines is 1. The smallest absolute Gasteiger partial charge is 0.143 e. The van der Waals surface area contributed by atoms with E-state index in [9.17, 15) is 0 Å². The summed E-state index contributed by atoms with van der Waals surface area (Å²) in [6, 6.07) is 32.6. The van der Waals surface area contributed by atoms with E-state index in [1.54, 1.807) is 14.2 Å². The van der Waals surface area contributed by atoms with Crippen molar-refractivity contribution in [2.24, 2.45) is 0 Å². The molecule has 0 radical (unpaired) electrons. The van der Waals surface area contributed by atoms with Crippen LogP contribution in [0.5, 0.6) is 17.2 Å². The van der Waals surface area contributed by atoms with Crippen molar-refractivity contribution in [2.75, 3.05) is 45.3 Å². The van der Waals surface area contributed by atoms with Crippen molar-refractivity contribution < 1.29 is 14.2 Å². The lowest BCUT2D eigenvalue weighted by atomic mass is 9.75. The van der Waals surface area contributed by atoms with Crippen molar-refractivity contribution in [1.82, 2.24) is 5.32 Å². The van der Waals surface area contributed by atoms with Crippen LogP contribution in [0.1, 0.15) is 47.8 Å². The number of hydrogen-bond donors (Lipinski definition) is 1. The molecule has 0 bridgehead atoms. The lowest BCUT2D eigenvalue weighted by molar-refractivity contribution is 0.253. The Morgan fingerprint density at radius 3 is 2.22 bits per heavy atom. The molecule has 8 rings (SSSR count). The fourth-order valence-corrected chi connectivity index (χ4v) is 7.58. The molecule has 2 heterocycles. The zero-order valence-electron chi connectivity index (χ0n) is 26.3. The molecule has 0 spiro atoms. The number of hydrogen-bond acceptors (Lipinski definition) is 5. The maximum Gasteiger partial charge on any atom is 0.143 e. The second-order valence-electron chi connectivity index (χ2n) is 12.7. The van der Waals surface area contributed by atoms with E-state index in [4.69, 9.17) is 14.2 Å². The molecule has 5 nitrogen and oxygen atoms in total. The number of methoxy groups -OCH3 is 2. The van der Waals surface area contributed by atoms with Gasteiger partial charge in [-0.25, -0.2) is 0 Å². The highest BCUT2D eigenvalue weighted by Gasteiger charge is 2.43. The first kappa shape index (κ1) is 27.8. The highest BCUT2D eigenvalue weighted by molar-refractivity contribution is 6.11. The monoisotopic (exact) mass is 594 g/mol. The molecule has 1 atom stereocenters. The Kier molecular flexibility index (Phi) is 6.61. The largest absolute Gasteiger partial charge is 0.497 e. The third-order valence-corrected chi connectivity index (χ3v) is 9.88. The van der Waals surface area contributed by atoms with E-state index in [1.807, 2.05) is 0 Å². The third kappa shape index (κ3) is 4.40. The predicted molar refractivity (Wildman–Crippen MR) is 183 cm³/mol. The lowest BCUT2D eigenvalue weighted by Gasteiger charge is -2.33. The van der Waals surface area contributed by atoms with Gasteiger partial charge in [0.2, 0.25) is 0 Å². The fraction of sp³-hybridized carbons (Fsp3) is 0.250. The van der Waals surface area contributed by atoms with Crippen molar-refractivity contribution >= 4 is 22.0 Å². The van der Waals surface area contributed by atoms with Crippen LogP contribution in [0.15, 0.2) is 97.1 Å². The Bertz CT molecular complexity index is 1950. The molecule has 1 aliphatic carbocycles. The number of nitrogens with zero attached hydrogens (tertiary/aromatic N) is 1. The number of nitrogens with one attached hydrogen (secondary N) is 1. The standard InChI is InChI=1S/C40H38N2O3/c1-40(2)34-23-29(44-4)15-17-31(34)36-30-16-14-28(43-3)22-33(30)39-37(38(36)40)32(25-8-6-5-7-9-25)24-35(45-39)26-10-12-27(13-11-26)42-20-18-41-19-21-42/h5-17,22-24,35,41H,18-21H2,1-4H3. The molecule has 0 aromatic heterocycles. The Balaban J connectivity index is 1.38. The van der Waals surface area contributed by atoms with Gasteiger partial charge >= 0.3 is 0 Å². The fourth-order valence-electron chi connectivity index (χ4n) is 7.58. The molecule has 1 unspecified atom stereocenters. The number of fused-ring (bicyclic) bond motifs is 8. The summed E-state index contributed by atoms with van der Waals surface area (Å²) < 4.78 is 18.6. The summed E-state index contributed by atoms with van der Waals surface area (Å²) >= 11 is 0. The summed E-state index contributed by atoms with van der Waals surface area (Å²) in [7, 11) is 3.46. The minimum absolute atomic E-state index is 0.246. The van der Waals surface area contributed by atoms with Gasteiger partial charge in [0, 0.05) is 48.2 Å². The van der Waals surface area contributed by atoms with Crippen molar-refractivity contribution in [3.8, 4) is 28.4 Å². The van der Waals surface area contributed by atoms with Gasteiger partial charge in [-0.3, -0.25) is 0 Å². The van der Waals surface area contributed by atoms with E-state index >= 15 is 0 Å². The molecule has 5 heteroatoms. The van der Waals surface area contributed by atoms with Crippen LogP contribution in [0.4, 0.5) is 5.69 Å². The number of ether oxygens (including phenoxy) is 3. The van der Waals surface area contributed by atoms with Gasteiger partial charge in [-0.2, -0.15) is 0 Å². The zero-order chi connectivity index (χ0) is 30.7. The molecule has 1 saturated heterocycles. The van der Waals surface area contributed by atoms with Gasteiger partial charge in [0.1, 0.15) is 23.4 Å². The van der Waals surface area contributed by atoms with E-state index < -0.39 is 0 Å². The molecule has 0 amide bonds. The maximum atomic E-state index is 7.15. The van der Waals surface area contributed by atoms with Gasteiger partial charge < -0.3 is 24.4 Å². The van der Waals surface area contributed by atoms with E-state index in [-0.39, 0.29) is 11.5 Å². The van der Waals surface area contributed by atoms with Gasteiger partial charge in [0.25, 0.3) is 0 Å². The first-order chi connectivity index (χ1) is 22.0. The average Bonchev–Trinajstić information content (AvgIpc) is 3.34. The minimum atomic E-state index is -0.285. The Morgan fingerprint density at radius 1 is 0.778 bits per heavy atom.